The Kier molecular flexibility index (Phi) is 6.42. The van der Waals surface area contributed by atoms with Crippen LogP contribution in [0.25, 0.3) is 0 Å². The van der Waals surface area contributed by atoms with Gasteiger partial charge in [0.15, 0.2) is 0 Å². The van der Waals surface area contributed by atoms with Crippen molar-refractivity contribution in [1.29, 1.82) is 0 Å². The summed E-state index contributed by atoms with van der Waals surface area (Å²) >= 11 is 0. The number of anilines is 2. The van der Waals surface area contributed by atoms with E-state index in [2.05, 4.69) is 22.3 Å². The van der Waals surface area contributed by atoms with Crippen molar-refractivity contribution in [2.75, 3.05) is 43.6 Å². The molecule has 144 valence electrons. The largest absolute Gasteiger partial charge is 0.378 e. The molecule has 1 aliphatic heterocycles. The summed E-state index contributed by atoms with van der Waals surface area (Å²) < 4.78 is 18.8. The number of hydrogen-bond donors (Lipinski definition) is 1. The van der Waals surface area contributed by atoms with Crippen LogP contribution < -0.4 is 10.2 Å². The minimum absolute atomic E-state index is 0.160. The molecule has 1 amide bonds. The van der Waals surface area contributed by atoms with E-state index < -0.39 is 0 Å². The van der Waals surface area contributed by atoms with Crippen LogP contribution in [-0.2, 0) is 16.1 Å². The van der Waals surface area contributed by atoms with Crippen LogP contribution >= 0.6 is 0 Å². The van der Waals surface area contributed by atoms with E-state index in [1.165, 1.54) is 23.4 Å². The molecule has 0 radical (unpaired) electrons. The highest BCUT2D eigenvalue weighted by Crippen LogP contribution is 2.23. The van der Waals surface area contributed by atoms with Gasteiger partial charge in [-0.05, 0) is 43.8 Å². The predicted octanol–water partition coefficient (Wildman–Crippen LogP) is 3.12. The SMILES string of the molecule is C[C@H](C(=O)Nc1cccc(F)c1)N(C)Cc1ccccc1N1CCOCC1. The van der Waals surface area contributed by atoms with Gasteiger partial charge in [-0.2, -0.15) is 0 Å². The number of ether oxygens (including phenoxy) is 1. The first kappa shape index (κ1) is 19.3. The average molecular weight is 371 g/mol. The lowest BCUT2D eigenvalue weighted by Gasteiger charge is -2.32. The number of morpholine rings is 1. The highest BCUT2D eigenvalue weighted by atomic mass is 19.1. The first-order chi connectivity index (χ1) is 13.0. The van der Waals surface area contributed by atoms with E-state index in [1.807, 2.05) is 31.0 Å². The third-order valence-electron chi connectivity index (χ3n) is 4.90. The van der Waals surface area contributed by atoms with E-state index >= 15 is 0 Å². The van der Waals surface area contributed by atoms with Crippen molar-refractivity contribution in [3.05, 3.63) is 59.9 Å². The van der Waals surface area contributed by atoms with E-state index in [-0.39, 0.29) is 17.8 Å². The molecule has 0 spiro atoms. The van der Waals surface area contributed by atoms with Crippen LogP contribution in [0, 0.1) is 5.82 Å². The Morgan fingerprint density at radius 1 is 1.22 bits per heavy atom. The van der Waals surface area contributed by atoms with Crippen LogP contribution in [0.15, 0.2) is 48.5 Å². The molecular weight excluding hydrogens is 345 g/mol. The van der Waals surface area contributed by atoms with Gasteiger partial charge >= 0.3 is 0 Å². The maximum atomic E-state index is 13.3. The van der Waals surface area contributed by atoms with Crippen molar-refractivity contribution in [2.45, 2.75) is 19.5 Å². The highest BCUT2D eigenvalue weighted by Gasteiger charge is 2.21. The van der Waals surface area contributed by atoms with Crippen LogP contribution in [0.3, 0.4) is 0 Å². The number of halogens is 1. The van der Waals surface area contributed by atoms with Crippen LogP contribution in [0.4, 0.5) is 15.8 Å². The first-order valence-corrected chi connectivity index (χ1v) is 9.22. The molecule has 1 aliphatic rings. The van der Waals surface area contributed by atoms with Crippen molar-refractivity contribution in [1.82, 2.24) is 4.90 Å². The number of carbonyl (C=O) groups excluding carboxylic acids is 1. The van der Waals surface area contributed by atoms with Crippen molar-refractivity contribution in [3.63, 3.8) is 0 Å². The average Bonchev–Trinajstić information content (AvgIpc) is 2.68. The Morgan fingerprint density at radius 2 is 1.96 bits per heavy atom. The summed E-state index contributed by atoms with van der Waals surface area (Å²) in [6.45, 7) is 5.71. The van der Waals surface area contributed by atoms with E-state index in [0.717, 1.165) is 26.3 Å². The number of nitrogens with zero attached hydrogens (tertiary/aromatic N) is 2. The minimum atomic E-state index is -0.367. The summed E-state index contributed by atoms with van der Waals surface area (Å²) in [6, 6.07) is 13.8. The van der Waals surface area contributed by atoms with Gasteiger partial charge in [-0.25, -0.2) is 4.39 Å². The maximum absolute atomic E-state index is 13.3. The molecule has 0 aromatic heterocycles. The molecule has 2 aromatic rings. The maximum Gasteiger partial charge on any atom is 0.241 e. The number of carbonyl (C=O) groups is 1. The molecule has 0 unspecified atom stereocenters. The summed E-state index contributed by atoms with van der Waals surface area (Å²) in [7, 11) is 1.92. The molecule has 1 N–H and O–H groups in total. The zero-order chi connectivity index (χ0) is 19.2. The number of nitrogens with one attached hydrogen (secondary N) is 1. The molecule has 27 heavy (non-hydrogen) atoms. The Balaban J connectivity index is 1.65. The Morgan fingerprint density at radius 3 is 2.70 bits per heavy atom. The van der Waals surface area contributed by atoms with E-state index in [4.69, 9.17) is 4.74 Å². The number of rotatable bonds is 6. The molecule has 3 rings (SSSR count). The normalized spacial score (nSPS) is 15.6. The van der Waals surface area contributed by atoms with Crippen molar-refractivity contribution < 1.29 is 13.9 Å². The topological polar surface area (TPSA) is 44.8 Å². The summed E-state index contributed by atoms with van der Waals surface area (Å²) in [5, 5.41) is 2.78. The molecule has 1 fully saturated rings. The second-order valence-electron chi connectivity index (χ2n) is 6.82. The zero-order valence-electron chi connectivity index (χ0n) is 15.8. The van der Waals surface area contributed by atoms with E-state index in [9.17, 15) is 9.18 Å². The second kappa shape index (κ2) is 8.97. The van der Waals surface area contributed by atoms with Gasteiger partial charge in [-0.1, -0.05) is 24.3 Å². The Labute approximate surface area is 159 Å². The lowest BCUT2D eigenvalue weighted by Crippen LogP contribution is -2.40. The smallest absolute Gasteiger partial charge is 0.241 e. The van der Waals surface area contributed by atoms with Gasteiger partial charge in [0.1, 0.15) is 5.82 Å². The Hall–Kier alpha value is -2.44. The van der Waals surface area contributed by atoms with Gasteiger partial charge in [0.05, 0.1) is 19.3 Å². The van der Waals surface area contributed by atoms with Crippen LogP contribution in [0.5, 0.6) is 0 Å². The number of benzene rings is 2. The molecule has 6 heteroatoms. The zero-order valence-corrected chi connectivity index (χ0v) is 15.8. The van der Waals surface area contributed by atoms with Crippen molar-refractivity contribution in [3.8, 4) is 0 Å². The van der Waals surface area contributed by atoms with Gasteiger partial charge in [0.25, 0.3) is 0 Å². The summed E-state index contributed by atoms with van der Waals surface area (Å²) in [6.07, 6.45) is 0. The number of likely N-dealkylation sites (N-methyl/N-ethyl adjacent to an activating group) is 1. The first-order valence-electron chi connectivity index (χ1n) is 9.22. The Bertz CT molecular complexity index is 778. The quantitative estimate of drug-likeness (QED) is 0.847. The van der Waals surface area contributed by atoms with Crippen LogP contribution in [-0.4, -0.2) is 50.2 Å². The standard InChI is InChI=1S/C21H26FN3O2/c1-16(21(26)23-19-8-5-7-18(22)14-19)24(2)15-17-6-3-4-9-20(17)25-10-12-27-13-11-25/h3-9,14,16H,10-13,15H2,1-2H3,(H,23,26)/t16-/m1/s1. The second-order valence-corrected chi connectivity index (χ2v) is 6.82. The molecule has 0 bridgehead atoms. The fraction of sp³-hybridized carbons (Fsp3) is 0.381. The van der Waals surface area contributed by atoms with Crippen LogP contribution in [0.2, 0.25) is 0 Å². The number of amides is 1. The minimum Gasteiger partial charge on any atom is -0.378 e. The fourth-order valence-electron chi connectivity index (χ4n) is 3.18. The van der Waals surface area contributed by atoms with E-state index in [1.54, 1.807) is 12.1 Å². The predicted molar refractivity (Wildman–Crippen MR) is 105 cm³/mol. The monoisotopic (exact) mass is 371 g/mol. The molecule has 1 heterocycles. The lowest BCUT2D eigenvalue weighted by atomic mass is 10.1. The van der Waals surface area contributed by atoms with E-state index in [0.29, 0.717) is 12.2 Å². The molecule has 0 aliphatic carbocycles. The van der Waals surface area contributed by atoms with Gasteiger partial charge in [0.2, 0.25) is 5.91 Å². The number of para-hydroxylation sites is 1. The van der Waals surface area contributed by atoms with Gasteiger partial charge in [-0.3, -0.25) is 9.69 Å². The van der Waals surface area contributed by atoms with Crippen LogP contribution in [0.1, 0.15) is 12.5 Å². The third kappa shape index (κ3) is 5.05. The molecule has 1 atom stereocenters. The summed E-state index contributed by atoms with van der Waals surface area (Å²) in [5.74, 6) is -0.528. The van der Waals surface area contributed by atoms with Gasteiger partial charge in [0, 0.05) is 31.0 Å². The highest BCUT2D eigenvalue weighted by molar-refractivity contribution is 5.94. The molecule has 1 saturated heterocycles. The van der Waals surface area contributed by atoms with Gasteiger partial charge in [-0.15, -0.1) is 0 Å². The summed E-state index contributed by atoms with van der Waals surface area (Å²) in [5.41, 5.74) is 2.83. The number of hydrogen-bond acceptors (Lipinski definition) is 4. The lowest BCUT2D eigenvalue weighted by molar-refractivity contribution is -0.120. The molecule has 5 nitrogen and oxygen atoms in total. The third-order valence-corrected chi connectivity index (χ3v) is 4.90. The molecule has 0 saturated carbocycles. The molecule has 2 aromatic carbocycles. The van der Waals surface area contributed by atoms with Crippen molar-refractivity contribution in [2.24, 2.45) is 0 Å². The van der Waals surface area contributed by atoms with Gasteiger partial charge < -0.3 is 15.0 Å². The molecular formula is C21H26FN3O2. The fourth-order valence-corrected chi connectivity index (χ4v) is 3.18. The summed E-state index contributed by atoms with van der Waals surface area (Å²) in [4.78, 5) is 16.9. The van der Waals surface area contributed by atoms with Crippen molar-refractivity contribution >= 4 is 17.3 Å².